The molecule has 0 bridgehead atoms. The first-order chi connectivity index (χ1) is 13.3. The minimum absolute atomic E-state index is 0.124. The summed E-state index contributed by atoms with van der Waals surface area (Å²) in [4.78, 5) is 24.3. The number of carbonyl (C=O) groups is 2. The number of rotatable bonds is 10. The molecular formula is C23H32O5. The Hall–Kier alpha value is -2.14. The van der Waals surface area contributed by atoms with Crippen LogP contribution in [-0.4, -0.2) is 23.0 Å². The van der Waals surface area contributed by atoms with E-state index < -0.39 is 18.2 Å². The summed E-state index contributed by atoms with van der Waals surface area (Å²) in [5.41, 5.74) is 3.92. The van der Waals surface area contributed by atoms with Gasteiger partial charge < -0.3 is 14.6 Å². The fourth-order valence-electron chi connectivity index (χ4n) is 3.55. The Morgan fingerprint density at radius 2 is 2.04 bits per heavy atom. The molecule has 1 aromatic rings. The van der Waals surface area contributed by atoms with Crippen molar-refractivity contribution in [1.29, 1.82) is 0 Å². The van der Waals surface area contributed by atoms with Crippen molar-refractivity contribution >= 4 is 11.8 Å². The number of benzene rings is 1. The van der Waals surface area contributed by atoms with Crippen LogP contribution in [0.1, 0.15) is 82.6 Å². The van der Waals surface area contributed by atoms with Crippen LogP contribution in [0.25, 0.3) is 0 Å². The van der Waals surface area contributed by atoms with E-state index in [1.54, 1.807) is 6.07 Å². The molecule has 0 aromatic heterocycles. The molecule has 154 valence electrons. The van der Waals surface area contributed by atoms with Crippen molar-refractivity contribution in [2.75, 3.05) is 0 Å². The van der Waals surface area contributed by atoms with Crippen LogP contribution in [0, 0.1) is 0 Å². The normalized spacial score (nSPS) is 16.4. The Bertz CT molecular complexity index is 731. The summed E-state index contributed by atoms with van der Waals surface area (Å²) in [6, 6.07) is 3.58. The SMILES string of the molecule is CCCCC[C@H](OC(C)=O)C(=O)C[C@H]1OCc2c(O)ccc(CC=C(C)C)c21. The average Bonchev–Trinajstić information content (AvgIpc) is 3.05. The molecule has 5 heteroatoms. The van der Waals surface area contributed by atoms with Gasteiger partial charge in [-0.2, -0.15) is 0 Å². The zero-order valence-electron chi connectivity index (χ0n) is 17.4. The van der Waals surface area contributed by atoms with E-state index in [0.717, 1.165) is 42.4 Å². The van der Waals surface area contributed by atoms with Crippen molar-refractivity contribution in [3.8, 4) is 5.75 Å². The summed E-state index contributed by atoms with van der Waals surface area (Å²) < 4.78 is 11.1. The van der Waals surface area contributed by atoms with Crippen molar-refractivity contribution in [3.05, 3.63) is 40.5 Å². The molecule has 0 aliphatic carbocycles. The number of hydrogen-bond donors (Lipinski definition) is 1. The molecular weight excluding hydrogens is 356 g/mol. The van der Waals surface area contributed by atoms with Gasteiger partial charge in [0, 0.05) is 18.9 Å². The van der Waals surface area contributed by atoms with E-state index in [-0.39, 0.29) is 24.6 Å². The highest BCUT2D eigenvalue weighted by atomic mass is 16.5. The van der Waals surface area contributed by atoms with Crippen molar-refractivity contribution < 1.29 is 24.2 Å². The summed E-state index contributed by atoms with van der Waals surface area (Å²) in [6.07, 6.45) is 5.25. The molecule has 1 aliphatic heterocycles. The second-order valence-electron chi connectivity index (χ2n) is 7.69. The second kappa shape index (κ2) is 10.4. The molecule has 0 saturated heterocycles. The van der Waals surface area contributed by atoms with Crippen LogP contribution in [0.4, 0.5) is 0 Å². The van der Waals surface area contributed by atoms with Crippen LogP contribution in [-0.2, 0) is 32.1 Å². The van der Waals surface area contributed by atoms with Gasteiger partial charge >= 0.3 is 5.97 Å². The van der Waals surface area contributed by atoms with Gasteiger partial charge in [0.25, 0.3) is 0 Å². The largest absolute Gasteiger partial charge is 0.508 e. The van der Waals surface area contributed by atoms with Crippen LogP contribution in [0.2, 0.25) is 0 Å². The zero-order chi connectivity index (χ0) is 20.7. The summed E-state index contributed by atoms with van der Waals surface area (Å²) in [7, 11) is 0. The molecule has 0 unspecified atom stereocenters. The molecule has 0 spiro atoms. The van der Waals surface area contributed by atoms with E-state index in [4.69, 9.17) is 9.47 Å². The summed E-state index contributed by atoms with van der Waals surface area (Å²) >= 11 is 0. The predicted molar refractivity (Wildman–Crippen MR) is 108 cm³/mol. The lowest BCUT2D eigenvalue weighted by atomic mass is 9.92. The smallest absolute Gasteiger partial charge is 0.303 e. The second-order valence-corrected chi connectivity index (χ2v) is 7.69. The Morgan fingerprint density at radius 1 is 1.29 bits per heavy atom. The molecule has 1 heterocycles. The van der Waals surface area contributed by atoms with E-state index in [1.807, 2.05) is 19.9 Å². The van der Waals surface area contributed by atoms with Gasteiger partial charge in [-0.05, 0) is 50.3 Å². The number of hydrogen-bond acceptors (Lipinski definition) is 5. The Kier molecular flexibility index (Phi) is 8.24. The molecule has 5 nitrogen and oxygen atoms in total. The molecule has 1 aromatic carbocycles. The van der Waals surface area contributed by atoms with Crippen molar-refractivity contribution in [1.82, 2.24) is 0 Å². The number of fused-ring (bicyclic) bond motifs is 1. The zero-order valence-corrected chi connectivity index (χ0v) is 17.4. The lowest BCUT2D eigenvalue weighted by molar-refractivity contribution is -0.154. The van der Waals surface area contributed by atoms with Crippen LogP contribution in [0.5, 0.6) is 5.75 Å². The topological polar surface area (TPSA) is 72.8 Å². The number of phenols is 1. The third-order valence-electron chi connectivity index (χ3n) is 5.03. The number of aromatic hydroxyl groups is 1. The van der Waals surface area contributed by atoms with Crippen molar-refractivity contribution in [2.45, 2.75) is 85.0 Å². The highest BCUT2D eigenvalue weighted by Gasteiger charge is 2.33. The van der Waals surface area contributed by atoms with Gasteiger partial charge in [-0.15, -0.1) is 0 Å². The minimum atomic E-state index is -0.727. The number of ketones is 1. The maximum Gasteiger partial charge on any atom is 0.303 e. The van der Waals surface area contributed by atoms with Crippen LogP contribution >= 0.6 is 0 Å². The predicted octanol–water partition coefficient (Wildman–Crippen LogP) is 4.94. The fraction of sp³-hybridized carbons (Fsp3) is 0.565. The minimum Gasteiger partial charge on any atom is -0.508 e. The average molecular weight is 389 g/mol. The lowest BCUT2D eigenvalue weighted by Gasteiger charge is -2.19. The van der Waals surface area contributed by atoms with Gasteiger partial charge in [-0.3, -0.25) is 9.59 Å². The molecule has 2 rings (SSSR count). The molecule has 2 atom stereocenters. The third kappa shape index (κ3) is 5.93. The Labute approximate surface area is 167 Å². The molecule has 1 N–H and O–H groups in total. The number of phenolic OH excluding ortho intramolecular Hbond substituents is 1. The Morgan fingerprint density at radius 3 is 2.68 bits per heavy atom. The number of esters is 1. The van der Waals surface area contributed by atoms with E-state index in [0.29, 0.717) is 6.42 Å². The molecule has 0 radical (unpaired) electrons. The number of carbonyl (C=O) groups excluding carboxylic acids is 2. The van der Waals surface area contributed by atoms with Gasteiger partial charge in [0.1, 0.15) is 5.75 Å². The van der Waals surface area contributed by atoms with Crippen molar-refractivity contribution in [2.24, 2.45) is 0 Å². The molecule has 0 fully saturated rings. The number of unbranched alkanes of at least 4 members (excludes halogenated alkanes) is 2. The summed E-state index contributed by atoms with van der Waals surface area (Å²) in [5, 5.41) is 10.2. The number of Topliss-reactive ketones (excluding diaryl/α,β-unsaturated/α-hetero) is 1. The highest BCUT2D eigenvalue weighted by molar-refractivity contribution is 5.86. The number of ether oxygens (including phenoxy) is 2. The van der Waals surface area contributed by atoms with E-state index in [9.17, 15) is 14.7 Å². The van der Waals surface area contributed by atoms with Crippen molar-refractivity contribution in [3.63, 3.8) is 0 Å². The maximum atomic E-state index is 12.9. The van der Waals surface area contributed by atoms with Crippen LogP contribution in [0.15, 0.2) is 23.8 Å². The highest BCUT2D eigenvalue weighted by Crippen LogP contribution is 2.41. The molecule has 1 aliphatic rings. The number of allylic oxidation sites excluding steroid dienone is 2. The van der Waals surface area contributed by atoms with Crippen LogP contribution in [0.3, 0.4) is 0 Å². The molecule has 0 amide bonds. The maximum absolute atomic E-state index is 12.9. The standard InChI is InChI=1S/C23H32O5/c1-5-6-7-8-21(28-16(4)24)20(26)13-22-23-17(10-9-15(2)3)11-12-19(25)18(23)14-27-22/h9,11-12,21-22,25H,5-8,10,13-14H2,1-4H3/t21-,22+/m0/s1. The van der Waals surface area contributed by atoms with E-state index in [1.165, 1.54) is 12.5 Å². The van der Waals surface area contributed by atoms with Gasteiger partial charge in [-0.1, -0.05) is 37.5 Å². The summed E-state index contributed by atoms with van der Waals surface area (Å²) in [5.74, 6) is -0.365. The Balaban J connectivity index is 2.19. The first-order valence-electron chi connectivity index (χ1n) is 10.1. The quantitative estimate of drug-likeness (QED) is 0.349. The first-order valence-corrected chi connectivity index (χ1v) is 10.1. The fourth-order valence-corrected chi connectivity index (χ4v) is 3.55. The molecule has 28 heavy (non-hydrogen) atoms. The van der Waals surface area contributed by atoms with E-state index in [2.05, 4.69) is 13.0 Å². The van der Waals surface area contributed by atoms with Crippen LogP contribution < -0.4 is 0 Å². The monoisotopic (exact) mass is 388 g/mol. The lowest BCUT2D eigenvalue weighted by Crippen LogP contribution is -2.28. The van der Waals surface area contributed by atoms with Gasteiger partial charge in [0.15, 0.2) is 11.9 Å². The first kappa shape index (κ1) is 22.2. The van der Waals surface area contributed by atoms with Gasteiger partial charge in [0.05, 0.1) is 12.7 Å². The third-order valence-corrected chi connectivity index (χ3v) is 5.03. The molecule has 0 saturated carbocycles. The van der Waals surface area contributed by atoms with Gasteiger partial charge in [-0.25, -0.2) is 0 Å². The summed E-state index contributed by atoms with van der Waals surface area (Å²) in [6.45, 7) is 7.79. The van der Waals surface area contributed by atoms with E-state index >= 15 is 0 Å². The van der Waals surface area contributed by atoms with Gasteiger partial charge in [0.2, 0.25) is 0 Å².